The lowest BCUT2D eigenvalue weighted by atomic mass is 9.83. The van der Waals surface area contributed by atoms with E-state index in [-0.39, 0.29) is 0 Å². The first-order valence-corrected chi connectivity index (χ1v) is 9.27. The Labute approximate surface area is 145 Å². The molecule has 1 aliphatic carbocycles. The number of carboxylic acids is 1. The van der Waals surface area contributed by atoms with Gasteiger partial charge in [0.15, 0.2) is 0 Å². The smallest absolute Gasteiger partial charge is 0.335 e. The van der Waals surface area contributed by atoms with Crippen molar-refractivity contribution in [2.45, 2.75) is 41.9 Å². The SMILES string of the molecule is O=C(O)c1ccc2c(c1)N=C(C1CCCCC1)c1ccccc1S2. The second-order valence-corrected chi connectivity index (χ2v) is 7.50. The van der Waals surface area contributed by atoms with Crippen LogP contribution in [-0.4, -0.2) is 16.8 Å². The lowest BCUT2D eigenvalue weighted by Crippen LogP contribution is -2.19. The maximum atomic E-state index is 11.3. The standard InChI is InChI=1S/C20H19NO2S/c22-20(23)14-10-11-18-16(12-14)21-19(13-6-2-1-3-7-13)15-8-4-5-9-17(15)24-18/h4-5,8-13H,1-3,6-7H2,(H,22,23). The molecule has 0 amide bonds. The molecule has 24 heavy (non-hydrogen) atoms. The molecule has 1 saturated carbocycles. The van der Waals surface area contributed by atoms with E-state index in [1.54, 1.807) is 23.9 Å². The third kappa shape index (κ3) is 2.86. The van der Waals surface area contributed by atoms with Crippen LogP contribution in [0.4, 0.5) is 5.69 Å². The molecule has 1 heterocycles. The lowest BCUT2D eigenvalue weighted by molar-refractivity contribution is 0.0697. The van der Waals surface area contributed by atoms with Gasteiger partial charge in [-0.15, -0.1) is 0 Å². The first-order valence-electron chi connectivity index (χ1n) is 8.45. The third-order valence-corrected chi connectivity index (χ3v) is 5.96. The summed E-state index contributed by atoms with van der Waals surface area (Å²) in [5.74, 6) is -0.432. The van der Waals surface area contributed by atoms with E-state index in [2.05, 4.69) is 24.3 Å². The quantitative estimate of drug-likeness (QED) is 0.781. The fourth-order valence-electron chi connectivity index (χ4n) is 3.59. The van der Waals surface area contributed by atoms with Gasteiger partial charge in [-0.3, -0.25) is 4.99 Å². The van der Waals surface area contributed by atoms with E-state index in [4.69, 9.17) is 4.99 Å². The van der Waals surface area contributed by atoms with Crippen LogP contribution in [0.5, 0.6) is 0 Å². The minimum absolute atomic E-state index is 0.298. The highest BCUT2D eigenvalue weighted by molar-refractivity contribution is 7.99. The van der Waals surface area contributed by atoms with E-state index in [1.807, 2.05) is 6.07 Å². The molecule has 2 aliphatic rings. The Balaban J connectivity index is 1.87. The number of carbonyl (C=O) groups is 1. The fraction of sp³-hybridized carbons (Fsp3) is 0.300. The summed E-state index contributed by atoms with van der Waals surface area (Å²) in [6.45, 7) is 0. The molecule has 0 bridgehead atoms. The third-order valence-electron chi connectivity index (χ3n) is 4.82. The van der Waals surface area contributed by atoms with Gasteiger partial charge in [-0.2, -0.15) is 0 Å². The second kappa shape index (κ2) is 6.44. The van der Waals surface area contributed by atoms with E-state index in [9.17, 15) is 9.90 Å². The maximum absolute atomic E-state index is 11.3. The van der Waals surface area contributed by atoms with Crippen molar-refractivity contribution >= 4 is 29.1 Å². The zero-order valence-corrected chi connectivity index (χ0v) is 14.2. The highest BCUT2D eigenvalue weighted by atomic mass is 32.2. The number of carboxylic acid groups (broad SMARTS) is 1. The van der Waals surface area contributed by atoms with Crippen LogP contribution in [0, 0.1) is 5.92 Å². The van der Waals surface area contributed by atoms with E-state index < -0.39 is 5.97 Å². The first-order chi connectivity index (χ1) is 11.7. The van der Waals surface area contributed by atoms with Gasteiger partial charge in [0.2, 0.25) is 0 Å². The molecule has 4 rings (SSSR count). The van der Waals surface area contributed by atoms with Crippen LogP contribution >= 0.6 is 11.8 Å². The van der Waals surface area contributed by atoms with Crippen molar-refractivity contribution in [2.24, 2.45) is 10.9 Å². The largest absolute Gasteiger partial charge is 0.478 e. The van der Waals surface area contributed by atoms with Crippen LogP contribution in [0.2, 0.25) is 0 Å². The molecule has 4 heteroatoms. The van der Waals surface area contributed by atoms with Crippen LogP contribution in [0.15, 0.2) is 57.2 Å². The van der Waals surface area contributed by atoms with Crippen LogP contribution in [0.1, 0.15) is 48.0 Å². The van der Waals surface area contributed by atoms with Crippen LogP contribution in [0.25, 0.3) is 0 Å². The molecule has 2 aromatic rings. The van der Waals surface area contributed by atoms with Crippen molar-refractivity contribution in [2.75, 3.05) is 0 Å². The van der Waals surface area contributed by atoms with Crippen molar-refractivity contribution in [1.29, 1.82) is 0 Å². The molecular weight excluding hydrogens is 318 g/mol. The topological polar surface area (TPSA) is 49.7 Å². The Morgan fingerprint density at radius 3 is 2.62 bits per heavy atom. The predicted octanol–water partition coefficient (Wildman–Crippen LogP) is 5.55. The number of hydrogen-bond donors (Lipinski definition) is 1. The van der Waals surface area contributed by atoms with Gasteiger partial charge < -0.3 is 5.11 Å². The van der Waals surface area contributed by atoms with Gasteiger partial charge >= 0.3 is 5.97 Å². The average molecular weight is 337 g/mol. The minimum Gasteiger partial charge on any atom is -0.478 e. The van der Waals surface area contributed by atoms with Crippen molar-refractivity contribution < 1.29 is 9.90 Å². The molecule has 1 fully saturated rings. The number of fused-ring (bicyclic) bond motifs is 2. The van der Waals surface area contributed by atoms with Crippen molar-refractivity contribution in [3.63, 3.8) is 0 Å². The van der Waals surface area contributed by atoms with Gasteiger partial charge in [-0.05, 0) is 37.1 Å². The molecule has 0 aromatic heterocycles. The Morgan fingerprint density at radius 1 is 1.04 bits per heavy atom. The van der Waals surface area contributed by atoms with Crippen LogP contribution in [0.3, 0.4) is 0 Å². The van der Waals surface area contributed by atoms with Gasteiger partial charge in [-0.25, -0.2) is 4.79 Å². The normalized spacial score (nSPS) is 17.4. The van der Waals surface area contributed by atoms with E-state index in [0.29, 0.717) is 11.5 Å². The fourth-order valence-corrected chi connectivity index (χ4v) is 4.60. The number of aromatic carboxylic acids is 1. The van der Waals surface area contributed by atoms with E-state index in [0.717, 1.165) is 16.3 Å². The van der Waals surface area contributed by atoms with Crippen molar-refractivity contribution in [3.8, 4) is 0 Å². The molecule has 122 valence electrons. The maximum Gasteiger partial charge on any atom is 0.335 e. The summed E-state index contributed by atoms with van der Waals surface area (Å²) in [6, 6.07) is 13.7. The summed E-state index contributed by atoms with van der Waals surface area (Å²) < 4.78 is 0. The molecule has 0 spiro atoms. The highest BCUT2D eigenvalue weighted by Gasteiger charge is 2.25. The number of nitrogens with zero attached hydrogens (tertiary/aromatic N) is 1. The second-order valence-electron chi connectivity index (χ2n) is 6.42. The number of benzene rings is 2. The van der Waals surface area contributed by atoms with E-state index >= 15 is 0 Å². The Kier molecular flexibility index (Phi) is 4.15. The van der Waals surface area contributed by atoms with Gasteiger partial charge in [0.1, 0.15) is 0 Å². The summed E-state index contributed by atoms with van der Waals surface area (Å²) >= 11 is 1.68. The molecule has 2 aromatic carbocycles. The van der Waals surface area contributed by atoms with Gasteiger partial charge in [0.05, 0.1) is 17.0 Å². The van der Waals surface area contributed by atoms with E-state index in [1.165, 1.54) is 42.6 Å². The molecule has 1 N–H and O–H groups in total. The van der Waals surface area contributed by atoms with Crippen molar-refractivity contribution in [3.05, 3.63) is 53.6 Å². The molecule has 3 nitrogen and oxygen atoms in total. The highest BCUT2D eigenvalue weighted by Crippen LogP contribution is 2.43. The summed E-state index contributed by atoms with van der Waals surface area (Å²) in [6.07, 6.45) is 6.15. The summed E-state index contributed by atoms with van der Waals surface area (Å²) in [5, 5.41) is 9.29. The Bertz CT molecular complexity index is 822. The van der Waals surface area contributed by atoms with Gasteiger partial charge in [0, 0.05) is 21.3 Å². The van der Waals surface area contributed by atoms with Crippen LogP contribution < -0.4 is 0 Å². The average Bonchev–Trinajstić information content (AvgIpc) is 2.78. The van der Waals surface area contributed by atoms with Crippen molar-refractivity contribution in [1.82, 2.24) is 0 Å². The minimum atomic E-state index is -0.904. The monoisotopic (exact) mass is 337 g/mol. The van der Waals surface area contributed by atoms with Gasteiger partial charge in [0.25, 0.3) is 0 Å². The summed E-state index contributed by atoms with van der Waals surface area (Å²) in [4.78, 5) is 18.5. The summed E-state index contributed by atoms with van der Waals surface area (Å²) in [7, 11) is 0. The first kappa shape index (κ1) is 15.5. The number of aliphatic imine (C=N–C) groups is 1. The number of rotatable bonds is 2. The molecule has 0 radical (unpaired) electrons. The molecular formula is C20H19NO2S. The molecule has 0 saturated heterocycles. The predicted molar refractivity (Wildman–Crippen MR) is 96.7 cm³/mol. The number of hydrogen-bond acceptors (Lipinski definition) is 3. The zero-order valence-electron chi connectivity index (χ0n) is 13.4. The summed E-state index contributed by atoms with van der Waals surface area (Å²) in [5.41, 5.74) is 3.44. The molecule has 1 aliphatic heterocycles. The Hall–Kier alpha value is -2.07. The lowest BCUT2D eigenvalue weighted by Gasteiger charge is -2.24. The zero-order chi connectivity index (χ0) is 16.5. The molecule has 0 atom stereocenters. The Morgan fingerprint density at radius 2 is 1.83 bits per heavy atom. The molecule has 0 unspecified atom stereocenters. The van der Waals surface area contributed by atoms with Crippen LogP contribution in [-0.2, 0) is 0 Å². The van der Waals surface area contributed by atoms with Gasteiger partial charge in [-0.1, -0.05) is 49.2 Å².